The van der Waals surface area contributed by atoms with Crippen molar-refractivity contribution in [3.63, 3.8) is 0 Å². The van der Waals surface area contributed by atoms with Crippen molar-refractivity contribution in [2.24, 2.45) is 5.41 Å². The Hall–Kier alpha value is -3.20. The molecular weight excluding hydrogens is 555 g/mol. The molecule has 2 saturated carbocycles. The van der Waals surface area contributed by atoms with Crippen LogP contribution in [0.3, 0.4) is 0 Å². The second kappa shape index (κ2) is 10.8. The van der Waals surface area contributed by atoms with Gasteiger partial charge < -0.3 is 14.2 Å². The molecule has 1 atom stereocenters. The van der Waals surface area contributed by atoms with Gasteiger partial charge in [0, 0.05) is 29.6 Å². The van der Waals surface area contributed by atoms with Crippen LogP contribution < -0.4 is 0 Å². The topological polar surface area (TPSA) is 68.5 Å². The number of carbonyl (C=O) groups excluding carboxylic acids is 1. The second-order valence-corrected chi connectivity index (χ2v) is 13.1. The van der Waals surface area contributed by atoms with Crippen molar-refractivity contribution in [3.8, 4) is 22.8 Å². The molecule has 0 N–H and O–H groups in total. The van der Waals surface area contributed by atoms with Crippen molar-refractivity contribution >= 4 is 5.97 Å². The summed E-state index contributed by atoms with van der Waals surface area (Å²) in [5, 5.41) is 4.24. The van der Waals surface area contributed by atoms with E-state index in [0.29, 0.717) is 18.0 Å². The van der Waals surface area contributed by atoms with Crippen molar-refractivity contribution in [1.29, 1.82) is 0 Å². The van der Waals surface area contributed by atoms with Gasteiger partial charge in [-0.15, -0.1) is 0 Å². The molecule has 7 rings (SSSR count). The molecule has 1 spiro atoms. The first-order valence-corrected chi connectivity index (χ1v) is 15.8. The number of carbonyl (C=O) groups is 1. The van der Waals surface area contributed by atoms with Crippen molar-refractivity contribution in [1.82, 2.24) is 15.0 Å². The van der Waals surface area contributed by atoms with Crippen LogP contribution in [0.1, 0.15) is 92.9 Å². The number of benzene rings is 2. The first-order valence-electron chi connectivity index (χ1n) is 15.8. The quantitative estimate of drug-likeness (QED) is 0.262. The zero-order valence-electron chi connectivity index (χ0n) is 24.6. The van der Waals surface area contributed by atoms with Gasteiger partial charge in [0.1, 0.15) is 0 Å². The molecule has 1 unspecified atom stereocenters. The third-order valence-corrected chi connectivity index (χ3v) is 10.4. The number of fused-ring (bicyclic) bond motifs is 2. The van der Waals surface area contributed by atoms with E-state index in [9.17, 15) is 18.0 Å². The summed E-state index contributed by atoms with van der Waals surface area (Å²) in [5.74, 6) is 0.372. The molecule has 0 amide bonds. The Balaban J connectivity index is 1.13. The normalized spacial score (nSPS) is 23.5. The summed E-state index contributed by atoms with van der Waals surface area (Å²) in [7, 11) is 0. The van der Waals surface area contributed by atoms with Gasteiger partial charge in [0.05, 0.1) is 17.6 Å². The van der Waals surface area contributed by atoms with Crippen LogP contribution in [0.15, 0.2) is 40.9 Å². The third kappa shape index (κ3) is 5.17. The molecule has 228 valence electrons. The van der Waals surface area contributed by atoms with Crippen LogP contribution in [-0.4, -0.2) is 47.3 Å². The van der Waals surface area contributed by atoms with Gasteiger partial charge in [0.25, 0.3) is 5.89 Å². The van der Waals surface area contributed by atoms with E-state index in [0.717, 1.165) is 89.4 Å². The molecule has 3 aliphatic carbocycles. The van der Waals surface area contributed by atoms with Crippen molar-refractivity contribution in [2.75, 3.05) is 26.2 Å². The maximum absolute atomic E-state index is 14.2. The summed E-state index contributed by atoms with van der Waals surface area (Å²) in [6.07, 6.45) is 4.82. The van der Waals surface area contributed by atoms with Crippen LogP contribution in [0.2, 0.25) is 0 Å². The van der Waals surface area contributed by atoms with Gasteiger partial charge in [0.15, 0.2) is 0 Å². The van der Waals surface area contributed by atoms with Gasteiger partial charge in [-0.3, -0.25) is 4.79 Å². The Morgan fingerprint density at radius 3 is 2.65 bits per heavy atom. The summed E-state index contributed by atoms with van der Waals surface area (Å²) in [5.41, 5.74) is 3.09. The molecular formula is C34H38F3N3O3. The highest BCUT2D eigenvalue weighted by Gasteiger charge is 2.54. The summed E-state index contributed by atoms with van der Waals surface area (Å²) < 4.78 is 53.4. The maximum Gasteiger partial charge on any atom is 0.416 e. The Morgan fingerprint density at radius 2 is 1.91 bits per heavy atom. The number of likely N-dealkylation sites (tertiary alicyclic amines) is 1. The number of aromatic nitrogens is 2. The van der Waals surface area contributed by atoms with E-state index in [1.807, 2.05) is 19.1 Å². The van der Waals surface area contributed by atoms with E-state index >= 15 is 0 Å². The van der Waals surface area contributed by atoms with Crippen LogP contribution in [0.5, 0.6) is 0 Å². The molecule has 3 aromatic rings. The monoisotopic (exact) mass is 593 g/mol. The average Bonchev–Trinajstić information content (AvgIpc) is 3.32. The molecule has 1 saturated heterocycles. The van der Waals surface area contributed by atoms with Crippen molar-refractivity contribution in [3.05, 3.63) is 58.7 Å². The summed E-state index contributed by atoms with van der Waals surface area (Å²) in [4.78, 5) is 19.6. The van der Waals surface area contributed by atoms with E-state index in [4.69, 9.17) is 9.26 Å². The SMILES string of the molecule is CCOC(=O)C1(CN2CCC3(CCc4c(-c5noc(-c6ccc(C7CCCCC7)c(C(F)(F)F)c6)n5)cccc43)C2)CC1. The standard InChI is InChI=1S/C34H38F3N3O3/c1-2-42-31(41)33(15-16-33)21-40-18-17-32(20-40)14-13-25-26(9-6-10-27(25)32)29-38-30(43-39-29)23-11-12-24(22-7-4-3-5-8-22)28(19-23)34(35,36)37/h6,9-12,19,22H,2-5,7-8,13-18,20-21H2,1H3. The summed E-state index contributed by atoms with van der Waals surface area (Å²) >= 11 is 0. The zero-order valence-corrected chi connectivity index (χ0v) is 24.6. The van der Waals surface area contributed by atoms with Gasteiger partial charge in [-0.05, 0) is 93.2 Å². The van der Waals surface area contributed by atoms with Gasteiger partial charge in [-0.1, -0.05) is 48.7 Å². The molecule has 1 aliphatic heterocycles. The van der Waals surface area contributed by atoms with E-state index in [1.165, 1.54) is 17.2 Å². The van der Waals surface area contributed by atoms with Gasteiger partial charge >= 0.3 is 12.1 Å². The van der Waals surface area contributed by atoms with E-state index in [2.05, 4.69) is 21.1 Å². The zero-order chi connectivity index (χ0) is 29.8. The van der Waals surface area contributed by atoms with E-state index in [-0.39, 0.29) is 34.2 Å². The molecule has 9 heteroatoms. The average molecular weight is 594 g/mol. The highest BCUT2D eigenvalue weighted by Crippen LogP contribution is 2.52. The second-order valence-electron chi connectivity index (χ2n) is 13.1. The number of nitrogens with zero attached hydrogens (tertiary/aromatic N) is 3. The minimum absolute atomic E-state index is 0.0131. The largest absolute Gasteiger partial charge is 0.466 e. The van der Waals surface area contributed by atoms with Gasteiger partial charge in [0.2, 0.25) is 5.82 Å². The number of alkyl halides is 3. The Kier molecular flexibility index (Phi) is 7.14. The highest BCUT2D eigenvalue weighted by atomic mass is 19.4. The summed E-state index contributed by atoms with van der Waals surface area (Å²) in [6.45, 7) is 4.85. The number of ether oxygens (including phenoxy) is 1. The number of rotatable bonds is 7. The van der Waals surface area contributed by atoms with Crippen LogP contribution in [0.4, 0.5) is 13.2 Å². The Bertz CT molecular complexity index is 1520. The lowest BCUT2D eigenvalue weighted by molar-refractivity contribution is -0.150. The Labute approximate surface area is 250 Å². The molecule has 4 aliphatic rings. The van der Waals surface area contributed by atoms with Gasteiger partial charge in [-0.25, -0.2) is 0 Å². The van der Waals surface area contributed by atoms with E-state index in [1.54, 1.807) is 12.1 Å². The predicted molar refractivity (Wildman–Crippen MR) is 155 cm³/mol. The molecule has 1 aromatic heterocycles. The van der Waals surface area contributed by atoms with Crippen LogP contribution in [0, 0.1) is 5.41 Å². The minimum atomic E-state index is -4.45. The summed E-state index contributed by atoms with van der Waals surface area (Å²) in [6, 6.07) is 10.7. The Morgan fingerprint density at radius 1 is 1.09 bits per heavy atom. The first kappa shape index (κ1) is 28.6. The molecule has 0 radical (unpaired) electrons. The number of hydrogen-bond acceptors (Lipinski definition) is 6. The number of halogens is 3. The molecule has 43 heavy (non-hydrogen) atoms. The fourth-order valence-corrected chi connectivity index (χ4v) is 8.02. The maximum atomic E-state index is 14.2. The lowest BCUT2D eigenvalue weighted by atomic mass is 9.81. The van der Waals surface area contributed by atoms with E-state index < -0.39 is 11.7 Å². The first-order chi connectivity index (χ1) is 20.7. The molecule has 0 bridgehead atoms. The van der Waals surface area contributed by atoms with Crippen molar-refractivity contribution in [2.45, 2.75) is 88.6 Å². The van der Waals surface area contributed by atoms with Crippen LogP contribution in [0.25, 0.3) is 22.8 Å². The fourth-order valence-electron chi connectivity index (χ4n) is 8.02. The highest BCUT2D eigenvalue weighted by molar-refractivity contribution is 5.80. The minimum Gasteiger partial charge on any atom is -0.466 e. The lowest BCUT2D eigenvalue weighted by Crippen LogP contribution is -2.36. The van der Waals surface area contributed by atoms with Crippen LogP contribution >= 0.6 is 0 Å². The van der Waals surface area contributed by atoms with Crippen LogP contribution in [-0.2, 0) is 27.5 Å². The molecule has 6 nitrogen and oxygen atoms in total. The molecule has 2 aromatic carbocycles. The van der Waals surface area contributed by atoms with Gasteiger partial charge in [-0.2, -0.15) is 18.2 Å². The predicted octanol–water partition coefficient (Wildman–Crippen LogP) is 7.70. The molecule has 2 heterocycles. The fraction of sp³-hybridized carbons (Fsp3) is 0.559. The lowest BCUT2D eigenvalue weighted by Gasteiger charge is -2.27. The molecule has 3 fully saturated rings. The smallest absolute Gasteiger partial charge is 0.416 e. The van der Waals surface area contributed by atoms with Crippen molar-refractivity contribution < 1.29 is 27.2 Å². The number of hydrogen-bond donors (Lipinski definition) is 0. The number of esters is 1. The third-order valence-electron chi connectivity index (χ3n) is 10.4.